The van der Waals surface area contributed by atoms with E-state index in [1.165, 1.54) is 6.42 Å². The molecule has 6 nitrogen and oxygen atoms in total. The summed E-state index contributed by atoms with van der Waals surface area (Å²) in [6.45, 7) is 7.27. The Morgan fingerprint density at radius 2 is 2.14 bits per heavy atom. The number of nitrogens with zero attached hydrogens (tertiary/aromatic N) is 3. The van der Waals surface area contributed by atoms with Crippen LogP contribution in [0, 0.1) is 5.92 Å². The molecule has 21 heavy (non-hydrogen) atoms. The molecule has 1 N–H and O–H groups in total. The van der Waals surface area contributed by atoms with Gasteiger partial charge in [0.25, 0.3) is 0 Å². The predicted molar refractivity (Wildman–Crippen MR) is 79.7 cm³/mol. The minimum atomic E-state index is -0.214. The minimum absolute atomic E-state index is 0.0360. The summed E-state index contributed by atoms with van der Waals surface area (Å²) in [7, 11) is 1.90. The van der Waals surface area contributed by atoms with Crippen molar-refractivity contribution in [2.75, 3.05) is 13.6 Å². The molecule has 0 aromatic carbocycles. The molecule has 6 heteroatoms. The van der Waals surface area contributed by atoms with Crippen LogP contribution in [0.5, 0.6) is 0 Å². The molecular formula is C15H26N4O2. The van der Waals surface area contributed by atoms with Crippen LogP contribution in [0.25, 0.3) is 0 Å². The highest BCUT2D eigenvalue weighted by Crippen LogP contribution is 2.35. The van der Waals surface area contributed by atoms with Gasteiger partial charge in [0, 0.05) is 12.5 Å². The Bertz CT molecular complexity index is 468. The van der Waals surface area contributed by atoms with Gasteiger partial charge in [-0.15, -0.1) is 0 Å². The Morgan fingerprint density at radius 3 is 2.71 bits per heavy atom. The van der Waals surface area contributed by atoms with Crippen molar-refractivity contribution >= 4 is 5.91 Å². The third-order valence-electron chi connectivity index (χ3n) is 4.05. The van der Waals surface area contributed by atoms with E-state index in [1.807, 2.05) is 18.9 Å². The molecule has 1 aromatic rings. The Morgan fingerprint density at radius 1 is 1.43 bits per heavy atom. The van der Waals surface area contributed by atoms with Crippen LogP contribution in [0.3, 0.4) is 0 Å². The molecule has 1 aliphatic rings. The van der Waals surface area contributed by atoms with E-state index >= 15 is 0 Å². The number of nitrogens with one attached hydrogen (secondary N) is 1. The number of likely N-dealkylation sites (N-methyl/N-ethyl adjacent to an activating group) is 1. The first-order chi connectivity index (χ1) is 9.97. The lowest BCUT2D eigenvalue weighted by Gasteiger charge is -2.23. The van der Waals surface area contributed by atoms with Crippen molar-refractivity contribution in [2.24, 2.45) is 5.92 Å². The van der Waals surface area contributed by atoms with E-state index in [9.17, 15) is 4.79 Å². The number of carbonyl (C=O) groups is 1. The fraction of sp³-hybridized carbons (Fsp3) is 0.800. The fourth-order valence-corrected chi connectivity index (χ4v) is 2.17. The second-order valence-electron chi connectivity index (χ2n) is 6.41. The second kappa shape index (κ2) is 7.02. The Balaban J connectivity index is 1.83. The Hall–Kier alpha value is -1.43. The van der Waals surface area contributed by atoms with Crippen molar-refractivity contribution in [3.8, 4) is 0 Å². The molecule has 1 saturated carbocycles. The molecule has 1 heterocycles. The zero-order chi connectivity index (χ0) is 15.4. The van der Waals surface area contributed by atoms with Crippen molar-refractivity contribution in [2.45, 2.75) is 58.5 Å². The smallest absolute Gasteiger partial charge is 0.237 e. The van der Waals surface area contributed by atoms with E-state index in [1.54, 1.807) is 0 Å². The Labute approximate surface area is 126 Å². The fourth-order valence-electron chi connectivity index (χ4n) is 2.17. The molecule has 1 amide bonds. The lowest BCUT2D eigenvalue weighted by molar-refractivity contribution is -0.125. The van der Waals surface area contributed by atoms with E-state index in [0.29, 0.717) is 30.7 Å². The van der Waals surface area contributed by atoms with Gasteiger partial charge in [0.2, 0.25) is 11.8 Å². The number of rotatable bonds is 7. The highest BCUT2D eigenvalue weighted by Gasteiger charge is 2.26. The normalized spacial score (nSPS) is 17.0. The van der Waals surface area contributed by atoms with Crippen molar-refractivity contribution in [1.29, 1.82) is 0 Å². The van der Waals surface area contributed by atoms with E-state index in [4.69, 9.17) is 4.52 Å². The van der Waals surface area contributed by atoms with E-state index in [2.05, 4.69) is 29.3 Å². The number of carbonyl (C=O) groups excluding carboxylic acids is 1. The van der Waals surface area contributed by atoms with Gasteiger partial charge in [0.1, 0.15) is 0 Å². The summed E-state index contributed by atoms with van der Waals surface area (Å²) >= 11 is 0. The quantitative estimate of drug-likeness (QED) is 0.832. The summed E-state index contributed by atoms with van der Waals surface area (Å²) < 4.78 is 5.30. The molecule has 0 bridgehead atoms. The first kappa shape index (κ1) is 15.9. The van der Waals surface area contributed by atoms with Crippen LogP contribution in [-0.2, 0) is 11.3 Å². The summed E-state index contributed by atoms with van der Waals surface area (Å²) in [6, 6.07) is -0.214. The maximum Gasteiger partial charge on any atom is 0.237 e. The lowest BCUT2D eigenvalue weighted by atomic mass is 9.85. The van der Waals surface area contributed by atoms with E-state index in [0.717, 1.165) is 18.7 Å². The van der Waals surface area contributed by atoms with Crippen molar-refractivity contribution in [3.05, 3.63) is 11.7 Å². The highest BCUT2D eigenvalue weighted by molar-refractivity contribution is 5.81. The molecular weight excluding hydrogens is 268 g/mol. The SMILES string of the molecule is CC(C)CNC(=O)[C@H](C)N(C)Cc1noc(C2CCC2)n1. The van der Waals surface area contributed by atoms with Crippen LogP contribution < -0.4 is 5.32 Å². The standard InChI is InChI=1S/C15H26N4O2/c1-10(2)8-16-14(20)11(3)19(4)9-13-17-15(21-18-13)12-6-5-7-12/h10-12H,5-9H2,1-4H3,(H,16,20)/t11-/m0/s1. The zero-order valence-electron chi connectivity index (χ0n) is 13.4. The average Bonchev–Trinajstić information content (AvgIpc) is 2.80. The topological polar surface area (TPSA) is 71.3 Å². The number of hydrogen-bond donors (Lipinski definition) is 1. The molecule has 0 spiro atoms. The predicted octanol–water partition coefficient (Wildman–Crippen LogP) is 1.93. The molecule has 2 rings (SSSR count). The van der Waals surface area contributed by atoms with Gasteiger partial charge in [-0.05, 0) is 32.7 Å². The molecule has 1 fully saturated rings. The maximum absolute atomic E-state index is 12.0. The number of amides is 1. The molecule has 0 aliphatic heterocycles. The van der Waals surface area contributed by atoms with Gasteiger partial charge in [0.05, 0.1) is 12.6 Å². The second-order valence-corrected chi connectivity index (χ2v) is 6.41. The van der Waals surface area contributed by atoms with E-state index in [-0.39, 0.29) is 11.9 Å². The van der Waals surface area contributed by atoms with Gasteiger partial charge in [-0.3, -0.25) is 9.69 Å². The van der Waals surface area contributed by atoms with Crippen LogP contribution in [0.1, 0.15) is 57.7 Å². The van der Waals surface area contributed by atoms with Gasteiger partial charge in [-0.2, -0.15) is 4.98 Å². The summed E-state index contributed by atoms with van der Waals surface area (Å²) in [5, 5.41) is 6.96. The lowest BCUT2D eigenvalue weighted by Crippen LogP contribution is -2.44. The van der Waals surface area contributed by atoms with Crippen molar-refractivity contribution < 1.29 is 9.32 Å². The molecule has 0 unspecified atom stereocenters. The Kier molecular flexibility index (Phi) is 5.33. The third kappa shape index (κ3) is 4.27. The van der Waals surface area contributed by atoms with Crippen LogP contribution in [-0.4, -0.2) is 40.6 Å². The highest BCUT2D eigenvalue weighted by atomic mass is 16.5. The van der Waals surface area contributed by atoms with Crippen molar-refractivity contribution in [3.63, 3.8) is 0 Å². The van der Waals surface area contributed by atoms with Gasteiger partial charge >= 0.3 is 0 Å². The summed E-state index contributed by atoms with van der Waals surface area (Å²) in [4.78, 5) is 18.4. The van der Waals surface area contributed by atoms with Crippen molar-refractivity contribution in [1.82, 2.24) is 20.4 Å². The molecule has 1 aliphatic carbocycles. The maximum atomic E-state index is 12.0. The third-order valence-corrected chi connectivity index (χ3v) is 4.05. The van der Waals surface area contributed by atoms with Crippen LogP contribution >= 0.6 is 0 Å². The first-order valence-electron chi connectivity index (χ1n) is 7.77. The summed E-state index contributed by atoms with van der Waals surface area (Å²) in [6.07, 6.45) is 3.53. The number of hydrogen-bond acceptors (Lipinski definition) is 5. The molecule has 0 saturated heterocycles. The minimum Gasteiger partial charge on any atom is -0.354 e. The van der Waals surface area contributed by atoms with Crippen LogP contribution in [0.15, 0.2) is 4.52 Å². The summed E-state index contributed by atoms with van der Waals surface area (Å²) in [5.41, 5.74) is 0. The molecule has 118 valence electrons. The molecule has 1 atom stereocenters. The van der Waals surface area contributed by atoms with Crippen LogP contribution in [0.4, 0.5) is 0 Å². The summed E-state index contributed by atoms with van der Waals surface area (Å²) in [5.74, 6) is 2.34. The average molecular weight is 294 g/mol. The largest absolute Gasteiger partial charge is 0.354 e. The molecule has 1 aromatic heterocycles. The van der Waals surface area contributed by atoms with Gasteiger partial charge in [-0.1, -0.05) is 25.4 Å². The monoisotopic (exact) mass is 294 g/mol. The van der Waals surface area contributed by atoms with Crippen LogP contribution in [0.2, 0.25) is 0 Å². The molecule has 0 radical (unpaired) electrons. The van der Waals surface area contributed by atoms with Gasteiger partial charge < -0.3 is 9.84 Å². The van der Waals surface area contributed by atoms with Gasteiger partial charge in [0.15, 0.2) is 5.82 Å². The first-order valence-corrected chi connectivity index (χ1v) is 7.77. The zero-order valence-corrected chi connectivity index (χ0v) is 13.4. The van der Waals surface area contributed by atoms with E-state index < -0.39 is 0 Å². The van der Waals surface area contributed by atoms with Gasteiger partial charge in [-0.25, -0.2) is 0 Å². The number of aromatic nitrogens is 2.